The van der Waals surface area contributed by atoms with Crippen molar-refractivity contribution in [3.8, 4) is 0 Å². The number of nitrogens with two attached hydrogens (primary N) is 1. The standard InChI is InChI=1S/C26H42N4O5S2.ClH/c1-19-7-5-6-8-22(19)29-12-14-30(15-13-29)37(34,35)18-26-11-9-20(25(26,2)3)17-23(26)28-24(31)21(27)10-16-36(4,32)33;/h5-8,20-21,23H,9-18,27H2,1-4H3,(H,28,31);1H/t20?,21-,23-,26?;/m0./s1. The molecule has 1 aromatic carbocycles. The molecule has 4 rings (SSSR count). The fraction of sp³-hybridized carbons (Fsp3) is 0.731. The van der Waals surface area contributed by atoms with Crippen LogP contribution in [0.25, 0.3) is 0 Å². The number of sulfone groups is 1. The number of amides is 1. The van der Waals surface area contributed by atoms with Gasteiger partial charge in [0.05, 0.1) is 17.5 Å². The molecular weight excluding hydrogens is 548 g/mol. The minimum absolute atomic E-state index is 0. The first-order valence-corrected chi connectivity index (χ1v) is 16.9. The first-order valence-electron chi connectivity index (χ1n) is 13.2. The molecule has 0 aromatic heterocycles. The molecule has 9 nitrogen and oxygen atoms in total. The summed E-state index contributed by atoms with van der Waals surface area (Å²) in [7, 11) is -6.80. The second-order valence-electron chi connectivity index (χ2n) is 11.9. The molecule has 2 aliphatic carbocycles. The van der Waals surface area contributed by atoms with Crippen molar-refractivity contribution in [1.29, 1.82) is 0 Å². The number of hydrogen-bond donors (Lipinski definition) is 2. The molecule has 4 atom stereocenters. The van der Waals surface area contributed by atoms with Gasteiger partial charge in [-0.1, -0.05) is 32.0 Å². The topological polar surface area (TPSA) is 130 Å². The normalized spacial score (nSPS) is 28.1. The SMILES string of the molecule is Cc1ccccc1N1CCN(S(=O)(=O)CC23CCC(C[C@@H]2NC(=O)[C@@H](N)CCS(C)(=O)=O)C3(C)C)CC1.Cl. The van der Waals surface area contributed by atoms with Crippen LogP contribution in [0.5, 0.6) is 0 Å². The predicted octanol–water partition coefficient (Wildman–Crippen LogP) is 1.94. The summed E-state index contributed by atoms with van der Waals surface area (Å²) in [4.78, 5) is 15.2. The number of benzene rings is 1. The third-order valence-corrected chi connectivity index (χ3v) is 12.4. The number of aryl methyl sites for hydroxylation is 1. The van der Waals surface area contributed by atoms with Crippen molar-refractivity contribution in [2.24, 2.45) is 22.5 Å². The van der Waals surface area contributed by atoms with Crippen LogP contribution < -0.4 is 16.0 Å². The van der Waals surface area contributed by atoms with Gasteiger partial charge in [0.2, 0.25) is 15.9 Å². The zero-order chi connectivity index (χ0) is 27.2. The average Bonchev–Trinajstić information content (AvgIpc) is 3.17. The number of halogens is 1. The quantitative estimate of drug-likeness (QED) is 0.449. The number of nitrogens with one attached hydrogen (secondary N) is 1. The lowest BCUT2D eigenvalue weighted by Gasteiger charge is -2.44. The van der Waals surface area contributed by atoms with Crippen LogP contribution in [0.4, 0.5) is 5.69 Å². The van der Waals surface area contributed by atoms with Crippen LogP contribution in [0.1, 0.15) is 45.1 Å². The van der Waals surface area contributed by atoms with Crippen molar-refractivity contribution >= 4 is 43.9 Å². The number of carbonyl (C=O) groups is 1. The number of fused-ring (bicyclic) bond motifs is 2. The number of nitrogens with zero attached hydrogens (tertiary/aromatic N) is 2. The molecule has 1 saturated heterocycles. The lowest BCUT2D eigenvalue weighted by atomic mass is 9.69. The number of rotatable bonds is 9. The van der Waals surface area contributed by atoms with Gasteiger partial charge in [-0.3, -0.25) is 4.79 Å². The average molecular weight is 591 g/mol. The first-order chi connectivity index (χ1) is 17.2. The van der Waals surface area contributed by atoms with Gasteiger partial charge in [-0.15, -0.1) is 12.4 Å². The van der Waals surface area contributed by atoms with Crippen LogP contribution in [-0.4, -0.2) is 83.1 Å². The van der Waals surface area contributed by atoms with E-state index in [2.05, 4.69) is 43.1 Å². The van der Waals surface area contributed by atoms with Gasteiger partial charge < -0.3 is 16.0 Å². The fourth-order valence-electron chi connectivity index (χ4n) is 6.92. The van der Waals surface area contributed by atoms with Gasteiger partial charge >= 0.3 is 0 Å². The highest BCUT2D eigenvalue weighted by molar-refractivity contribution is 7.90. The summed E-state index contributed by atoms with van der Waals surface area (Å²) in [5, 5.41) is 3.05. The minimum Gasteiger partial charge on any atom is -0.369 e. The van der Waals surface area contributed by atoms with Gasteiger partial charge in [-0.25, -0.2) is 16.8 Å². The number of para-hydroxylation sites is 1. The molecule has 12 heteroatoms. The molecule has 38 heavy (non-hydrogen) atoms. The molecule has 216 valence electrons. The Morgan fingerprint density at radius 3 is 2.34 bits per heavy atom. The molecule has 3 aliphatic rings. The molecule has 3 fully saturated rings. The zero-order valence-corrected chi connectivity index (χ0v) is 25.3. The van der Waals surface area contributed by atoms with Crippen LogP contribution in [0.3, 0.4) is 0 Å². The van der Waals surface area contributed by atoms with E-state index in [9.17, 15) is 21.6 Å². The summed E-state index contributed by atoms with van der Waals surface area (Å²) in [5.74, 6) is -0.245. The van der Waals surface area contributed by atoms with E-state index >= 15 is 0 Å². The molecule has 1 heterocycles. The van der Waals surface area contributed by atoms with Crippen molar-refractivity contribution < 1.29 is 21.6 Å². The minimum atomic E-state index is -3.57. The maximum Gasteiger partial charge on any atom is 0.237 e. The van der Waals surface area contributed by atoms with E-state index in [1.807, 2.05) is 12.1 Å². The van der Waals surface area contributed by atoms with Crippen LogP contribution in [0, 0.1) is 23.7 Å². The van der Waals surface area contributed by atoms with E-state index in [0.29, 0.717) is 38.5 Å². The van der Waals surface area contributed by atoms with Crippen LogP contribution >= 0.6 is 12.4 Å². The number of anilines is 1. The van der Waals surface area contributed by atoms with Gasteiger partial charge in [-0.2, -0.15) is 4.31 Å². The molecule has 1 aliphatic heterocycles. The Bertz CT molecular complexity index is 1230. The van der Waals surface area contributed by atoms with Gasteiger partial charge in [-0.05, 0) is 55.6 Å². The monoisotopic (exact) mass is 590 g/mol. The third kappa shape index (κ3) is 6.01. The second kappa shape index (κ2) is 11.2. The van der Waals surface area contributed by atoms with E-state index in [1.165, 1.54) is 5.56 Å². The molecule has 1 aromatic rings. The smallest absolute Gasteiger partial charge is 0.237 e. The van der Waals surface area contributed by atoms with E-state index in [-0.39, 0.29) is 41.8 Å². The zero-order valence-electron chi connectivity index (χ0n) is 22.9. The van der Waals surface area contributed by atoms with Crippen molar-refractivity contribution in [1.82, 2.24) is 9.62 Å². The van der Waals surface area contributed by atoms with Gasteiger partial charge in [0.25, 0.3) is 0 Å². The Balaban J connectivity index is 0.00000400. The Morgan fingerprint density at radius 2 is 1.76 bits per heavy atom. The molecule has 3 N–H and O–H groups in total. The first kappa shape index (κ1) is 31.1. The lowest BCUT2D eigenvalue weighted by molar-refractivity contribution is -0.124. The summed E-state index contributed by atoms with van der Waals surface area (Å²) in [6, 6.07) is 6.90. The van der Waals surface area contributed by atoms with Gasteiger partial charge in [0.15, 0.2) is 0 Å². The fourth-order valence-corrected chi connectivity index (χ4v) is 9.87. The van der Waals surface area contributed by atoms with E-state index in [1.54, 1.807) is 4.31 Å². The molecule has 2 unspecified atom stereocenters. The van der Waals surface area contributed by atoms with Crippen molar-refractivity contribution in [3.05, 3.63) is 29.8 Å². The number of piperazine rings is 1. The summed E-state index contributed by atoms with van der Waals surface area (Å²) < 4.78 is 52.2. The highest BCUT2D eigenvalue weighted by Gasteiger charge is 2.66. The Labute approximate surface area is 234 Å². The Hall–Kier alpha value is -1.40. The molecule has 0 spiro atoms. The van der Waals surface area contributed by atoms with Crippen molar-refractivity contribution in [2.75, 3.05) is 48.8 Å². The molecule has 2 saturated carbocycles. The largest absolute Gasteiger partial charge is 0.369 e. The highest BCUT2D eigenvalue weighted by Crippen LogP contribution is 2.66. The van der Waals surface area contributed by atoms with Crippen molar-refractivity contribution in [3.63, 3.8) is 0 Å². The van der Waals surface area contributed by atoms with Crippen LogP contribution in [0.2, 0.25) is 0 Å². The predicted molar refractivity (Wildman–Crippen MR) is 154 cm³/mol. The number of hydrogen-bond acceptors (Lipinski definition) is 7. The van der Waals surface area contributed by atoms with E-state index in [4.69, 9.17) is 5.73 Å². The maximum atomic E-state index is 13.8. The van der Waals surface area contributed by atoms with Crippen LogP contribution in [-0.2, 0) is 24.7 Å². The van der Waals surface area contributed by atoms with E-state index < -0.39 is 37.2 Å². The lowest BCUT2D eigenvalue weighted by Crippen LogP contribution is -2.57. The summed E-state index contributed by atoms with van der Waals surface area (Å²) >= 11 is 0. The third-order valence-electron chi connectivity index (χ3n) is 9.41. The van der Waals surface area contributed by atoms with Gasteiger partial charge in [0, 0.05) is 49.6 Å². The molecule has 1 amide bonds. The second-order valence-corrected chi connectivity index (χ2v) is 16.1. The summed E-state index contributed by atoms with van der Waals surface area (Å²) in [6.07, 6.45) is 3.55. The Kier molecular flexibility index (Phi) is 9.20. The Morgan fingerprint density at radius 1 is 1.13 bits per heavy atom. The van der Waals surface area contributed by atoms with Crippen LogP contribution in [0.15, 0.2) is 24.3 Å². The highest BCUT2D eigenvalue weighted by atomic mass is 35.5. The summed E-state index contributed by atoms with van der Waals surface area (Å²) in [5.41, 5.74) is 7.50. The number of carbonyl (C=O) groups excluding carboxylic acids is 1. The molecular formula is C26H43ClN4O5S2. The van der Waals surface area contributed by atoms with Crippen molar-refractivity contribution in [2.45, 2.75) is 58.5 Å². The summed E-state index contributed by atoms with van der Waals surface area (Å²) in [6.45, 7) is 8.47. The molecule has 2 bridgehead atoms. The van der Waals surface area contributed by atoms with Gasteiger partial charge in [0.1, 0.15) is 9.84 Å². The van der Waals surface area contributed by atoms with E-state index in [0.717, 1.165) is 24.8 Å². The molecule has 0 radical (unpaired) electrons. The maximum absolute atomic E-state index is 13.8. The number of sulfonamides is 1.